The number of carbonyl (C=O) groups is 1. The summed E-state index contributed by atoms with van der Waals surface area (Å²) in [6.45, 7) is 4.01. The lowest BCUT2D eigenvalue weighted by Crippen LogP contribution is -2.32. The van der Waals surface area contributed by atoms with Gasteiger partial charge in [-0.1, -0.05) is 0 Å². The van der Waals surface area contributed by atoms with Gasteiger partial charge in [0.25, 0.3) is 5.91 Å². The van der Waals surface area contributed by atoms with Gasteiger partial charge in [-0.15, -0.1) is 0 Å². The number of benzene rings is 2. The number of hydrogen-bond acceptors (Lipinski definition) is 6. The summed E-state index contributed by atoms with van der Waals surface area (Å²) < 4.78 is 22.0. The molecule has 1 unspecified atom stereocenters. The zero-order valence-corrected chi connectivity index (χ0v) is 17.2. The minimum Gasteiger partial charge on any atom is -0.497 e. The summed E-state index contributed by atoms with van der Waals surface area (Å²) in [5.74, 6) is 2.26. The van der Waals surface area contributed by atoms with Gasteiger partial charge in [0, 0.05) is 24.7 Å². The Balaban J connectivity index is 1.69. The predicted octanol–water partition coefficient (Wildman–Crippen LogP) is 3.04. The van der Waals surface area contributed by atoms with Crippen LogP contribution in [0.1, 0.15) is 20.3 Å². The van der Waals surface area contributed by atoms with Gasteiger partial charge in [0.2, 0.25) is 0 Å². The Bertz CT molecular complexity index is 843. The fraction of sp³-hybridized carbons (Fsp3) is 0.409. The molecule has 7 nitrogen and oxygen atoms in total. The summed E-state index contributed by atoms with van der Waals surface area (Å²) in [6, 6.07) is 12.5. The van der Waals surface area contributed by atoms with Gasteiger partial charge in [-0.2, -0.15) is 0 Å². The summed E-state index contributed by atoms with van der Waals surface area (Å²) >= 11 is 0. The van der Waals surface area contributed by atoms with E-state index in [1.54, 1.807) is 68.3 Å². The Kier molecular flexibility index (Phi) is 6.17. The monoisotopic (exact) mass is 401 g/mol. The first-order valence-electron chi connectivity index (χ1n) is 9.46. The molecule has 1 N–H and O–H groups in total. The lowest BCUT2D eigenvalue weighted by molar-refractivity contribution is -0.122. The highest BCUT2D eigenvalue weighted by Crippen LogP contribution is 2.34. The molecule has 1 heterocycles. The van der Waals surface area contributed by atoms with Crippen LogP contribution in [0.15, 0.2) is 42.5 Å². The van der Waals surface area contributed by atoms with E-state index in [1.165, 1.54) is 7.11 Å². The second-order valence-corrected chi connectivity index (χ2v) is 7.50. The lowest BCUT2D eigenvalue weighted by Gasteiger charge is -2.21. The summed E-state index contributed by atoms with van der Waals surface area (Å²) in [4.78, 5) is 14.5. The largest absolute Gasteiger partial charge is 0.497 e. The molecule has 1 fully saturated rings. The number of aliphatic hydroxyl groups is 1. The first-order valence-corrected chi connectivity index (χ1v) is 9.46. The molecule has 1 atom stereocenters. The maximum absolute atomic E-state index is 12.8. The average molecular weight is 401 g/mol. The van der Waals surface area contributed by atoms with Crippen LogP contribution in [0.25, 0.3) is 0 Å². The van der Waals surface area contributed by atoms with Gasteiger partial charge in [-0.3, -0.25) is 4.79 Å². The van der Waals surface area contributed by atoms with E-state index in [9.17, 15) is 9.90 Å². The van der Waals surface area contributed by atoms with Crippen LogP contribution in [0.2, 0.25) is 0 Å². The Hall–Kier alpha value is -2.93. The molecule has 0 radical (unpaired) electrons. The molecule has 29 heavy (non-hydrogen) atoms. The average Bonchev–Trinajstić information content (AvgIpc) is 3.06. The Morgan fingerprint density at radius 3 is 2.34 bits per heavy atom. The molecule has 3 rings (SSSR count). The van der Waals surface area contributed by atoms with Crippen molar-refractivity contribution in [2.45, 2.75) is 32.0 Å². The molecule has 2 aromatic rings. The van der Waals surface area contributed by atoms with E-state index < -0.39 is 11.7 Å². The molecule has 0 bridgehead atoms. The van der Waals surface area contributed by atoms with Crippen LogP contribution in [-0.4, -0.2) is 50.1 Å². The normalized spacial score (nSPS) is 16.7. The van der Waals surface area contributed by atoms with Gasteiger partial charge in [-0.25, -0.2) is 0 Å². The van der Waals surface area contributed by atoms with Crippen LogP contribution in [0.3, 0.4) is 0 Å². The number of amides is 1. The number of ether oxygens (including phenoxy) is 4. The molecular weight excluding hydrogens is 374 g/mol. The SMILES string of the molecule is COc1ccc(OC2CCN(c3ccc(OCC(C)(C)O)c(OC)c3)C2=O)cc1. The number of anilines is 1. The van der Waals surface area contributed by atoms with Crippen molar-refractivity contribution in [3.8, 4) is 23.0 Å². The van der Waals surface area contributed by atoms with Crippen LogP contribution in [-0.2, 0) is 4.79 Å². The summed E-state index contributed by atoms with van der Waals surface area (Å²) in [5, 5.41) is 9.84. The smallest absolute Gasteiger partial charge is 0.268 e. The molecule has 1 aliphatic rings. The summed E-state index contributed by atoms with van der Waals surface area (Å²) in [7, 11) is 3.14. The third-order valence-electron chi connectivity index (χ3n) is 4.53. The minimum atomic E-state index is -0.958. The van der Waals surface area contributed by atoms with Crippen LogP contribution >= 0.6 is 0 Å². The van der Waals surface area contributed by atoms with E-state index in [2.05, 4.69) is 0 Å². The molecule has 0 spiro atoms. The molecular formula is C22H27NO6. The molecule has 1 saturated heterocycles. The van der Waals surface area contributed by atoms with Crippen LogP contribution in [0, 0.1) is 0 Å². The van der Waals surface area contributed by atoms with Gasteiger partial charge in [0.1, 0.15) is 18.1 Å². The van der Waals surface area contributed by atoms with E-state index in [0.717, 1.165) is 5.75 Å². The van der Waals surface area contributed by atoms with Crippen molar-refractivity contribution >= 4 is 11.6 Å². The molecule has 0 aromatic heterocycles. The van der Waals surface area contributed by atoms with Crippen molar-refractivity contribution in [1.29, 1.82) is 0 Å². The molecule has 2 aromatic carbocycles. The Morgan fingerprint density at radius 2 is 1.72 bits per heavy atom. The van der Waals surface area contributed by atoms with Crippen molar-refractivity contribution in [1.82, 2.24) is 0 Å². The predicted molar refractivity (Wildman–Crippen MR) is 109 cm³/mol. The van der Waals surface area contributed by atoms with Crippen molar-refractivity contribution in [2.24, 2.45) is 0 Å². The van der Waals surface area contributed by atoms with Gasteiger partial charge < -0.3 is 29.0 Å². The quantitative estimate of drug-likeness (QED) is 0.733. The molecule has 1 amide bonds. The van der Waals surface area contributed by atoms with E-state index >= 15 is 0 Å². The first kappa shape index (κ1) is 20.8. The maximum Gasteiger partial charge on any atom is 0.268 e. The van der Waals surface area contributed by atoms with Crippen molar-refractivity contribution in [3.63, 3.8) is 0 Å². The standard InChI is InChI=1S/C22H27NO6/c1-22(2,25)14-28-18-10-5-15(13-20(18)27-4)23-12-11-19(21(23)24)29-17-8-6-16(26-3)7-9-17/h5-10,13,19,25H,11-12,14H2,1-4H3. The van der Waals surface area contributed by atoms with E-state index in [-0.39, 0.29) is 12.5 Å². The third kappa shape index (κ3) is 5.12. The molecule has 7 heteroatoms. The number of carbonyl (C=O) groups excluding carboxylic acids is 1. The van der Waals surface area contributed by atoms with Crippen LogP contribution in [0.4, 0.5) is 5.69 Å². The van der Waals surface area contributed by atoms with Crippen LogP contribution < -0.4 is 23.8 Å². The first-order chi connectivity index (χ1) is 13.8. The second kappa shape index (κ2) is 8.61. The number of methoxy groups -OCH3 is 2. The van der Waals surface area contributed by atoms with Gasteiger partial charge in [-0.05, 0) is 50.2 Å². The minimum absolute atomic E-state index is 0.104. The zero-order valence-electron chi connectivity index (χ0n) is 17.2. The number of hydrogen-bond donors (Lipinski definition) is 1. The fourth-order valence-electron chi connectivity index (χ4n) is 3.04. The lowest BCUT2D eigenvalue weighted by atomic mass is 10.2. The Morgan fingerprint density at radius 1 is 1.03 bits per heavy atom. The highest BCUT2D eigenvalue weighted by molar-refractivity contribution is 5.99. The molecule has 0 saturated carbocycles. The highest BCUT2D eigenvalue weighted by atomic mass is 16.5. The van der Waals surface area contributed by atoms with E-state index in [0.29, 0.717) is 35.9 Å². The summed E-state index contributed by atoms with van der Waals surface area (Å²) in [6.07, 6.45) is 0.0462. The third-order valence-corrected chi connectivity index (χ3v) is 4.53. The fourth-order valence-corrected chi connectivity index (χ4v) is 3.04. The molecule has 156 valence electrons. The van der Waals surface area contributed by atoms with Gasteiger partial charge in [0.15, 0.2) is 17.6 Å². The van der Waals surface area contributed by atoms with Crippen LogP contribution in [0.5, 0.6) is 23.0 Å². The topological polar surface area (TPSA) is 77.5 Å². The number of nitrogens with zero attached hydrogens (tertiary/aromatic N) is 1. The van der Waals surface area contributed by atoms with Crippen molar-refractivity contribution < 1.29 is 28.8 Å². The van der Waals surface area contributed by atoms with E-state index in [1.807, 2.05) is 0 Å². The van der Waals surface area contributed by atoms with Gasteiger partial charge >= 0.3 is 0 Å². The molecule has 1 aliphatic heterocycles. The Labute approximate surface area is 170 Å². The highest BCUT2D eigenvalue weighted by Gasteiger charge is 2.34. The summed E-state index contributed by atoms with van der Waals surface area (Å²) in [5.41, 5.74) is -0.246. The van der Waals surface area contributed by atoms with Crippen molar-refractivity contribution in [3.05, 3.63) is 42.5 Å². The second-order valence-electron chi connectivity index (χ2n) is 7.50. The zero-order chi connectivity index (χ0) is 21.0. The van der Waals surface area contributed by atoms with Crippen molar-refractivity contribution in [2.75, 3.05) is 32.3 Å². The van der Waals surface area contributed by atoms with Gasteiger partial charge in [0.05, 0.1) is 19.8 Å². The van der Waals surface area contributed by atoms with E-state index in [4.69, 9.17) is 18.9 Å². The molecule has 0 aliphatic carbocycles. The maximum atomic E-state index is 12.8. The number of rotatable bonds is 8.